The van der Waals surface area contributed by atoms with Gasteiger partial charge in [-0.2, -0.15) is 0 Å². The van der Waals surface area contributed by atoms with E-state index in [4.69, 9.17) is 0 Å². The number of imidazole rings is 1. The zero-order chi connectivity index (χ0) is 9.10. The molecule has 2 heteroatoms. The van der Waals surface area contributed by atoms with E-state index >= 15 is 0 Å². The average molecular weight is 173 g/mol. The third-order valence-electron chi connectivity index (χ3n) is 2.20. The summed E-state index contributed by atoms with van der Waals surface area (Å²) in [4.78, 5) is 4.21. The topological polar surface area (TPSA) is 17.8 Å². The molecule has 0 saturated carbocycles. The Balaban J connectivity index is 2.35. The molecule has 0 saturated heterocycles. The van der Waals surface area contributed by atoms with Crippen LogP contribution < -0.4 is 0 Å². The van der Waals surface area contributed by atoms with E-state index < -0.39 is 0 Å². The lowest BCUT2D eigenvalue weighted by Gasteiger charge is -2.00. The highest BCUT2D eigenvalue weighted by Gasteiger charge is 1.99. The van der Waals surface area contributed by atoms with E-state index in [9.17, 15) is 0 Å². The minimum absolute atomic E-state index is 1.02. The van der Waals surface area contributed by atoms with Crippen LogP contribution in [-0.2, 0) is 6.54 Å². The Kier molecular flexibility index (Phi) is 2.30. The molecule has 0 N–H and O–H groups in total. The molecule has 0 fully saturated rings. The summed E-state index contributed by atoms with van der Waals surface area (Å²) in [5.41, 5.74) is 2.23. The highest BCUT2D eigenvalue weighted by atomic mass is 15.0. The summed E-state index contributed by atoms with van der Waals surface area (Å²) in [7, 11) is 0. The van der Waals surface area contributed by atoms with Gasteiger partial charge in [-0.15, -0.1) is 0 Å². The van der Waals surface area contributed by atoms with Crippen LogP contribution in [0.25, 0.3) is 11.0 Å². The quantitative estimate of drug-likeness (QED) is 0.697. The Morgan fingerprint density at radius 2 is 2.23 bits per heavy atom. The van der Waals surface area contributed by atoms with E-state index in [1.54, 1.807) is 0 Å². The maximum absolute atomic E-state index is 4.21. The fraction of sp³-hybridized carbons (Fsp3) is 0.364. The van der Waals surface area contributed by atoms with E-state index in [-0.39, 0.29) is 0 Å². The van der Waals surface area contributed by atoms with Crippen LogP contribution in [0.1, 0.15) is 19.8 Å². The summed E-state index contributed by atoms with van der Waals surface area (Å²) in [5, 5.41) is 0. The van der Waals surface area contributed by atoms with Crippen LogP contribution in [0.5, 0.6) is 0 Å². The van der Waals surface area contributed by atoms with Crippen molar-refractivity contribution < 1.29 is 0 Å². The van der Waals surface area contributed by atoms with Crippen LogP contribution in [0.2, 0.25) is 0 Å². The van der Waals surface area contributed by atoms with Gasteiger partial charge in [0.1, 0.15) is 0 Å². The van der Waals surface area contributed by atoms with Gasteiger partial charge in [0.2, 0.25) is 0 Å². The number of benzene rings is 1. The first-order chi connectivity index (χ1) is 6.42. The third-order valence-corrected chi connectivity index (χ3v) is 2.20. The standard InChI is InChI=1S/C11H13N2/c1-2-3-8-13-9-12-10-6-4-5-7-11(10)13/h4-7H,2-3,8H2,1H3. The second-order valence-electron chi connectivity index (χ2n) is 3.21. The number of para-hydroxylation sites is 2. The molecule has 1 radical (unpaired) electrons. The van der Waals surface area contributed by atoms with Gasteiger partial charge in [0.05, 0.1) is 11.0 Å². The summed E-state index contributed by atoms with van der Waals surface area (Å²) in [5.74, 6) is 0. The predicted octanol–water partition coefficient (Wildman–Crippen LogP) is 2.64. The molecule has 2 aromatic rings. The molecule has 0 spiro atoms. The molecule has 1 aromatic carbocycles. The van der Waals surface area contributed by atoms with E-state index in [1.807, 2.05) is 18.2 Å². The molecule has 1 heterocycles. The van der Waals surface area contributed by atoms with Crippen LogP contribution in [-0.4, -0.2) is 9.55 Å². The van der Waals surface area contributed by atoms with Gasteiger partial charge in [0.15, 0.2) is 6.33 Å². The maximum Gasteiger partial charge on any atom is 0.177 e. The molecule has 67 valence electrons. The number of hydrogen-bond acceptors (Lipinski definition) is 1. The fourth-order valence-electron chi connectivity index (χ4n) is 1.44. The van der Waals surface area contributed by atoms with Crippen molar-refractivity contribution in [3.63, 3.8) is 0 Å². The minimum atomic E-state index is 1.02. The summed E-state index contributed by atoms with van der Waals surface area (Å²) >= 11 is 0. The van der Waals surface area contributed by atoms with Crippen molar-refractivity contribution in [3.05, 3.63) is 30.6 Å². The van der Waals surface area contributed by atoms with Crippen LogP contribution in [0, 0.1) is 6.33 Å². The van der Waals surface area contributed by atoms with Crippen molar-refractivity contribution >= 4 is 11.0 Å². The lowest BCUT2D eigenvalue weighted by atomic mass is 10.3. The maximum atomic E-state index is 4.21. The zero-order valence-electron chi connectivity index (χ0n) is 7.83. The normalized spacial score (nSPS) is 10.8. The number of aryl methyl sites for hydroxylation is 1. The molecule has 0 atom stereocenters. The second-order valence-corrected chi connectivity index (χ2v) is 3.21. The largest absolute Gasteiger partial charge is 0.321 e. The summed E-state index contributed by atoms with van der Waals surface area (Å²) < 4.78 is 2.10. The van der Waals surface area contributed by atoms with Crippen molar-refractivity contribution in [3.8, 4) is 0 Å². The van der Waals surface area contributed by atoms with Crippen LogP contribution >= 0.6 is 0 Å². The number of rotatable bonds is 3. The van der Waals surface area contributed by atoms with Gasteiger partial charge in [-0.05, 0) is 18.6 Å². The van der Waals surface area contributed by atoms with E-state index in [0.29, 0.717) is 0 Å². The van der Waals surface area contributed by atoms with Gasteiger partial charge in [0, 0.05) is 6.54 Å². The molecule has 0 bridgehead atoms. The molecule has 1 aromatic heterocycles. The molecular formula is C11H13N2. The predicted molar refractivity (Wildman–Crippen MR) is 53.5 cm³/mol. The highest BCUT2D eigenvalue weighted by molar-refractivity contribution is 5.74. The lowest BCUT2D eigenvalue weighted by Crippen LogP contribution is -1.95. The molecule has 0 amide bonds. The number of fused-ring (bicyclic) bond motifs is 1. The summed E-state index contributed by atoms with van der Waals surface area (Å²) in [6.07, 6.45) is 5.42. The van der Waals surface area contributed by atoms with Crippen LogP contribution in [0.15, 0.2) is 24.3 Å². The van der Waals surface area contributed by atoms with Crippen LogP contribution in [0.3, 0.4) is 0 Å². The minimum Gasteiger partial charge on any atom is -0.321 e. The Morgan fingerprint density at radius 1 is 1.38 bits per heavy atom. The SMILES string of the molecule is CCCCn1[c]nc2ccccc21. The van der Waals surface area contributed by atoms with Gasteiger partial charge in [-0.3, -0.25) is 0 Å². The second kappa shape index (κ2) is 3.60. The smallest absolute Gasteiger partial charge is 0.177 e. The van der Waals surface area contributed by atoms with Crippen LogP contribution in [0.4, 0.5) is 0 Å². The molecule has 0 unspecified atom stereocenters. The average Bonchev–Trinajstić information content (AvgIpc) is 2.58. The Bertz CT molecular complexity index is 390. The number of nitrogens with zero attached hydrogens (tertiary/aromatic N) is 2. The molecule has 2 nitrogen and oxygen atoms in total. The Morgan fingerprint density at radius 3 is 3.08 bits per heavy atom. The van der Waals surface area contributed by atoms with Crippen molar-refractivity contribution in [1.82, 2.24) is 9.55 Å². The number of aromatic nitrogens is 2. The molecule has 13 heavy (non-hydrogen) atoms. The van der Waals surface area contributed by atoms with Gasteiger partial charge < -0.3 is 4.57 Å². The fourth-order valence-corrected chi connectivity index (χ4v) is 1.44. The Hall–Kier alpha value is -1.31. The first kappa shape index (κ1) is 8.30. The molecular weight excluding hydrogens is 160 g/mol. The van der Waals surface area contributed by atoms with E-state index in [2.05, 4.69) is 28.9 Å². The number of hydrogen-bond donors (Lipinski definition) is 0. The van der Waals surface area contributed by atoms with Gasteiger partial charge in [-0.25, -0.2) is 4.98 Å². The number of unbranched alkanes of at least 4 members (excludes halogenated alkanes) is 1. The first-order valence-corrected chi connectivity index (χ1v) is 4.75. The molecule has 0 aliphatic heterocycles. The summed E-state index contributed by atoms with van der Waals surface area (Å²) in [6.45, 7) is 3.22. The van der Waals surface area contributed by atoms with Crippen molar-refractivity contribution in [1.29, 1.82) is 0 Å². The molecule has 0 aliphatic rings. The van der Waals surface area contributed by atoms with Gasteiger partial charge in [0.25, 0.3) is 0 Å². The lowest BCUT2D eigenvalue weighted by molar-refractivity contribution is 0.642. The highest BCUT2D eigenvalue weighted by Crippen LogP contribution is 2.11. The van der Waals surface area contributed by atoms with Crippen molar-refractivity contribution in [2.24, 2.45) is 0 Å². The monoisotopic (exact) mass is 173 g/mol. The van der Waals surface area contributed by atoms with Gasteiger partial charge in [-0.1, -0.05) is 25.5 Å². The Labute approximate surface area is 78.2 Å². The van der Waals surface area contributed by atoms with Gasteiger partial charge >= 0.3 is 0 Å². The molecule has 2 rings (SSSR count). The third kappa shape index (κ3) is 1.57. The summed E-state index contributed by atoms with van der Waals surface area (Å²) in [6, 6.07) is 8.16. The zero-order valence-corrected chi connectivity index (χ0v) is 7.83. The van der Waals surface area contributed by atoms with Crippen molar-refractivity contribution in [2.75, 3.05) is 0 Å². The van der Waals surface area contributed by atoms with E-state index in [1.165, 1.54) is 18.4 Å². The van der Waals surface area contributed by atoms with E-state index in [0.717, 1.165) is 12.1 Å². The molecule has 0 aliphatic carbocycles. The first-order valence-electron chi connectivity index (χ1n) is 4.75. The van der Waals surface area contributed by atoms with Crippen molar-refractivity contribution in [2.45, 2.75) is 26.3 Å².